The van der Waals surface area contributed by atoms with E-state index < -0.39 is 23.0 Å². The summed E-state index contributed by atoms with van der Waals surface area (Å²) in [7, 11) is 0. The van der Waals surface area contributed by atoms with E-state index in [9.17, 15) is 13.6 Å². The maximum Gasteiger partial charge on any atom is 0.201 e. The number of pyridine rings is 1. The fraction of sp³-hybridized carbons (Fsp3) is 0. The lowest BCUT2D eigenvalue weighted by atomic mass is 10.0. The maximum absolute atomic E-state index is 14.0. The molecule has 0 saturated heterocycles. The predicted octanol–water partition coefficient (Wildman–Crippen LogP) is 3.61. The van der Waals surface area contributed by atoms with E-state index in [4.69, 9.17) is 0 Å². The van der Waals surface area contributed by atoms with Crippen molar-refractivity contribution in [3.8, 4) is 0 Å². The van der Waals surface area contributed by atoms with Crippen LogP contribution in [0.4, 0.5) is 20.3 Å². The summed E-state index contributed by atoms with van der Waals surface area (Å²) >= 11 is 0. The summed E-state index contributed by atoms with van der Waals surface area (Å²) in [5.74, 6) is -2.33. The number of benzene rings is 1. The summed E-state index contributed by atoms with van der Waals surface area (Å²) in [6, 6.07) is 6.78. The Morgan fingerprint density at radius 2 is 1.88 bits per heavy atom. The van der Waals surface area contributed by atoms with E-state index in [1.165, 1.54) is 18.6 Å². The Bertz CT molecular complexity index is 1090. The summed E-state index contributed by atoms with van der Waals surface area (Å²) in [5, 5.41) is 3.37. The van der Waals surface area contributed by atoms with E-state index in [1.807, 2.05) is 0 Å². The number of carbonyl (C=O) groups is 1. The number of hydrogen-bond acceptors (Lipinski definition) is 5. The first-order chi connectivity index (χ1) is 12.6. The molecule has 0 unspecified atom stereocenters. The molecule has 6 nitrogen and oxygen atoms in total. The molecule has 0 radical (unpaired) electrons. The van der Waals surface area contributed by atoms with Crippen LogP contribution in [0.1, 0.15) is 15.9 Å². The van der Waals surface area contributed by atoms with Gasteiger partial charge in [0.2, 0.25) is 5.78 Å². The van der Waals surface area contributed by atoms with Crippen molar-refractivity contribution in [3.05, 3.63) is 78.0 Å². The molecule has 1 aromatic carbocycles. The van der Waals surface area contributed by atoms with Crippen LogP contribution in [0, 0.1) is 11.6 Å². The van der Waals surface area contributed by atoms with E-state index in [0.29, 0.717) is 22.5 Å². The number of aromatic nitrogens is 4. The number of aromatic amines is 1. The Morgan fingerprint density at radius 3 is 2.62 bits per heavy atom. The average Bonchev–Trinajstić information content (AvgIpc) is 3.07. The molecule has 0 amide bonds. The average molecular weight is 351 g/mol. The molecule has 3 heterocycles. The summed E-state index contributed by atoms with van der Waals surface area (Å²) in [6.45, 7) is 0. The van der Waals surface area contributed by atoms with E-state index >= 15 is 0 Å². The van der Waals surface area contributed by atoms with Crippen LogP contribution < -0.4 is 5.32 Å². The van der Waals surface area contributed by atoms with E-state index in [1.54, 1.807) is 24.5 Å². The molecule has 8 heteroatoms. The lowest BCUT2D eigenvalue weighted by molar-refractivity contribution is 0.103. The predicted molar refractivity (Wildman–Crippen MR) is 91.2 cm³/mol. The van der Waals surface area contributed by atoms with Crippen molar-refractivity contribution in [2.45, 2.75) is 0 Å². The molecule has 128 valence electrons. The van der Waals surface area contributed by atoms with Gasteiger partial charge in [-0.1, -0.05) is 6.07 Å². The SMILES string of the molecule is O=C(c1c(F)cccc1F)c1c[nH]c2ncnc(Nc3cccnc3)c12. The number of nitrogens with one attached hydrogen (secondary N) is 2. The summed E-state index contributed by atoms with van der Waals surface area (Å²) < 4.78 is 28.0. The van der Waals surface area contributed by atoms with Crippen molar-refractivity contribution in [2.24, 2.45) is 0 Å². The number of H-pyrrole nitrogens is 1. The fourth-order valence-electron chi connectivity index (χ4n) is 2.66. The van der Waals surface area contributed by atoms with Crippen molar-refractivity contribution in [1.29, 1.82) is 0 Å². The first-order valence-corrected chi connectivity index (χ1v) is 7.63. The van der Waals surface area contributed by atoms with Crippen LogP contribution in [0.25, 0.3) is 11.0 Å². The molecule has 0 spiro atoms. The van der Waals surface area contributed by atoms with E-state index in [-0.39, 0.29) is 5.56 Å². The van der Waals surface area contributed by atoms with Gasteiger partial charge in [0.05, 0.1) is 28.4 Å². The third-order valence-electron chi connectivity index (χ3n) is 3.83. The van der Waals surface area contributed by atoms with Crippen LogP contribution in [0.15, 0.2) is 55.2 Å². The molecular formula is C18H11F2N5O. The zero-order chi connectivity index (χ0) is 18.1. The van der Waals surface area contributed by atoms with E-state index in [0.717, 1.165) is 12.1 Å². The minimum Gasteiger partial charge on any atom is -0.345 e. The van der Waals surface area contributed by atoms with Gasteiger partial charge in [0, 0.05) is 12.4 Å². The molecule has 0 aliphatic carbocycles. The first kappa shape index (κ1) is 15.8. The molecule has 0 bridgehead atoms. The van der Waals surface area contributed by atoms with Crippen LogP contribution in [0.2, 0.25) is 0 Å². The number of anilines is 2. The summed E-state index contributed by atoms with van der Waals surface area (Å²) in [5.41, 5.74) is 0.455. The van der Waals surface area contributed by atoms with Gasteiger partial charge in [0.15, 0.2) is 0 Å². The molecule has 2 N–H and O–H groups in total. The van der Waals surface area contributed by atoms with Crippen LogP contribution in [0.3, 0.4) is 0 Å². The van der Waals surface area contributed by atoms with Crippen molar-refractivity contribution in [3.63, 3.8) is 0 Å². The van der Waals surface area contributed by atoms with Crippen molar-refractivity contribution in [1.82, 2.24) is 19.9 Å². The monoisotopic (exact) mass is 351 g/mol. The Kier molecular flexibility index (Phi) is 3.85. The van der Waals surface area contributed by atoms with Gasteiger partial charge in [-0.05, 0) is 24.3 Å². The molecule has 4 rings (SSSR count). The minimum atomic E-state index is -0.928. The largest absolute Gasteiger partial charge is 0.345 e. The molecule has 0 atom stereocenters. The number of fused-ring (bicyclic) bond motifs is 1. The van der Waals surface area contributed by atoms with Gasteiger partial charge in [-0.15, -0.1) is 0 Å². The van der Waals surface area contributed by atoms with Crippen LogP contribution in [-0.4, -0.2) is 25.7 Å². The van der Waals surface area contributed by atoms with Gasteiger partial charge in [0.25, 0.3) is 0 Å². The lowest BCUT2D eigenvalue weighted by Gasteiger charge is -2.08. The second-order valence-electron chi connectivity index (χ2n) is 5.44. The number of hydrogen-bond donors (Lipinski definition) is 2. The van der Waals surface area contributed by atoms with Crippen LogP contribution in [-0.2, 0) is 0 Å². The number of nitrogens with zero attached hydrogens (tertiary/aromatic N) is 3. The number of halogens is 2. The third kappa shape index (κ3) is 2.67. The molecule has 4 aromatic rings. The summed E-state index contributed by atoms with van der Waals surface area (Å²) in [4.78, 5) is 27.8. The highest BCUT2D eigenvalue weighted by Crippen LogP contribution is 2.28. The maximum atomic E-state index is 14.0. The highest BCUT2D eigenvalue weighted by atomic mass is 19.1. The van der Waals surface area contributed by atoms with Crippen LogP contribution in [0.5, 0.6) is 0 Å². The number of carbonyl (C=O) groups excluding carboxylic acids is 1. The Balaban J connectivity index is 1.85. The molecule has 3 aromatic heterocycles. The highest BCUT2D eigenvalue weighted by molar-refractivity contribution is 6.18. The second-order valence-corrected chi connectivity index (χ2v) is 5.44. The molecule has 0 saturated carbocycles. The van der Waals surface area contributed by atoms with Crippen LogP contribution >= 0.6 is 0 Å². The van der Waals surface area contributed by atoms with Crippen molar-refractivity contribution in [2.75, 3.05) is 5.32 Å². The molecule has 26 heavy (non-hydrogen) atoms. The molecule has 0 aliphatic rings. The zero-order valence-corrected chi connectivity index (χ0v) is 13.2. The van der Waals surface area contributed by atoms with Gasteiger partial charge >= 0.3 is 0 Å². The third-order valence-corrected chi connectivity index (χ3v) is 3.83. The first-order valence-electron chi connectivity index (χ1n) is 7.63. The van der Waals surface area contributed by atoms with Crippen molar-refractivity contribution >= 4 is 28.3 Å². The topological polar surface area (TPSA) is 83.6 Å². The van der Waals surface area contributed by atoms with Gasteiger partial charge < -0.3 is 10.3 Å². The zero-order valence-electron chi connectivity index (χ0n) is 13.2. The second kappa shape index (κ2) is 6.32. The fourth-order valence-corrected chi connectivity index (χ4v) is 2.66. The lowest BCUT2D eigenvalue weighted by Crippen LogP contribution is -2.08. The normalized spacial score (nSPS) is 10.8. The number of ketones is 1. The minimum absolute atomic E-state index is 0.0657. The quantitative estimate of drug-likeness (QED) is 0.549. The van der Waals surface area contributed by atoms with Gasteiger partial charge in [-0.3, -0.25) is 9.78 Å². The smallest absolute Gasteiger partial charge is 0.201 e. The Hall–Kier alpha value is -3.68. The Labute approximate surface area is 146 Å². The Morgan fingerprint density at radius 1 is 1.08 bits per heavy atom. The molecular weight excluding hydrogens is 340 g/mol. The van der Waals surface area contributed by atoms with Gasteiger partial charge in [0.1, 0.15) is 29.4 Å². The number of rotatable bonds is 4. The standard InChI is InChI=1S/C18H11F2N5O/c19-12-4-1-5-13(20)15(12)16(26)11-8-22-17-14(11)18(24-9-23-17)25-10-3-2-6-21-7-10/h1-9H,(H2,22,23,24,25). The molecule has 0 fully saturated rings. The van der Waals surface area contributed by atoms with Gasteiger partial charge in [-0.2, -0.15) is 0 Å². The van der Waals surface area contributed by atoms with Gasteiger partial charge in [-0.25, -0.2) is 18.7 Å². The summed E-state index contributed by atoms with van der Waals surface area (Å²) in [6.07, 6.45) is 5.88. The van der Waals surface area contributed by atoms with Crippen molar-refractivity contribution < 1.29 is 13.6 Å². The van der Waals surface area contributed by atoms with E-state index in [2.05, 4.69) is 25.3 Å². The molecule has 0 aliphatic heterocycles. The highest BCUT2D eigenvalue weighted by Gasteiger charge is 2.23.